The first kappa shape index (κ1) is 15.7. The van der Waals surface area contributed by atoms with Gasteiger partial charge in [0.25, 0.3) is 0 Å². The van der Waals surface area contributed by atoms with Crippen LogP contribution in [0.3, 0.4) is 0 Å². The molecule has 0 rings (SSSR count). The Balaban J connectivity index is -0.0000000800. The van der Waals surface area contributed by atoms with E-state index in [1.807, 2.05) is 6.92 Å². The summed E-state index contributed by atoms with van der Waals surface area (Å²) in [5.41, 5.74) is 0. The summed E-state index contributed by atoms with van der Waals surface area (Å²) >= 11 is 0. The van der Waals surface area contributed by atoms with Gasteiger partial charge in [0.1, 0.15) is 0 Å². The number of rotatable bonds is 2. The van der Waals surface area contributed by atoms with Crippen LogP contribution in [-0.2, 0) is 4.74 Å². The molecule has 7 heavy (non-hydrogen) atoms. The Morgan fingerprint density at radius 2 is 2.00 bits per heavy atom. The molecule has 0 aromatic rings. The predicted molar refractivity (Wildman–Crippen MR) is 27.4 cm³/mol. The van der Waals surface area contributed by atoms with Crippen LogP contribution in [0.4, 0.5) is 0 Å². The van der Waals surface area contributed by atoms with Gasteiger partial charge in [0, 0.05) is 0 Å². The van der Waals surface area contributed by atoms with Crippen molar-refractivity contribution >= 4 is 23.1 Å². The summed E-state index contributed by atoms with van der Waals surface area (Å²) in [6, 6.07) is 0. The van der Waals surface area contributed by atoms with Gasteiger partial charge < -0.3 is 17.1 Å². The van der Waals surface area contributed by atoms with Crippen LogP contribution >= 0.6 is 0 Å². The van der Waals surface area contributed by atoms with Gasteiger partial charge in [-0.2, -0.15) is 6.42 Å². The van der Waals surface area contributed by atoms with Gasteiger partial charge in [-0.1, -0.05) is 6.92 Å². The predicted octanol–water partition coefficient (Wildman–Crippen LogP) is -2.17. The van der Waals surface area contributed by atoms with Gasteiger partial charge in [-0.05, 0) is 7.11 Å². The largest absolute Gasteiger partial charge is 2.00 e. The summed E-state index contributed by atoms with van der Waals surface area (Å²) in [6.45, 7) is 3.78. The van der Waals surface area contributed by atoms with Gasteiger partial charge in [-0.3, -0.25) is 0 Å². The Kier molecular flexibility index (Phi) is 35.3. The van der Waals surface area contributed by atoms with Crippen LogP contribution in [0, 0.1) is 6.61 Å². The standard InChI is InChI=1S/C4H9O.ClH.Mg/c1-3-4-5-2;;/h4H,3H2,1-2H3;1H;/q-1;;+2/p-1. The van der Waals surface area contributed by atoms with Crippen LogP contribution in [0.5, 0.6) is 0 Å². The third-order valence-electron chi connectivity index (χ3n) is 0.333. The molecule has 0 aromatic heterocycles. The molecule has 0 aliphatic carbocycles. The molecule has 0 saturated heterocycles. The molecule has 0 heterocycles. The molecule has 0 unspecified atom stereocenters. The molecule has 0 amide bonds. The van der Waals surface area contributed by atoms with Crippen LogP contribution in [0.2, 0.25) is 0 Å². The minimum absolute atomic E-state index is 0. The fourth-order valence-electron chi connectivity index (χ4n) is 0.167. The Bertz CT molecular complexity index is 19.2. The molecular weight excluding hydrogens is 124 g/mol. The molecule has 0 bridgehead atoms. The minimum atomic E-state index is 0. The van der Waals surface area contributed by atoms with Crippen molar-refractivity contribution in [3.8, 4) is 0 Å². The molecule has 0 radical (unpaired) electrons. The Hall–Kier alpha value is 1.02. The molecule has 0 atom stereocenters. The van der Waals surface area contributed by atoms with Gasteiger partial charge in [0.15, 0.2) is 0 Å². The van der Waals surface area contributed by atoms with E-state index < -0.39 is 0 Å². The third kappa shape index (κ3) is 19.4. The van der Waals surface area contributed by atoms with E-state index in [-0.39, 0.29) is 35.5 Å². The molecule has 0 aliphatic heterocycles. The maximum Gasteiger partial charge on any atom is 2.00 e. The molecule has 0 aliphatic rings. The first-order chi connectivity index (χ1) is 2.41. The van der Waals surface area contributed by atoms with E-state index in [0.717, 1.165) is 6.42 Å². The summed E-state index contributed by atoms with van der Waals surface area (Å²) in [6.07, 6.45) is 0.997. The van der Waals surface area contributed by atoms with Gasteiger partial charge >= 0.3 is 23.1 Å². The van der Waals surface area contributed by atoms with Crippen molar-refractivity contribution in [3.63, 3.8) is 0 Å². The third-order valence-corrected chi connectivity index (χ3v) is 0.333. The topological polar surface area (TPSA) is 9.23 Å². The Morgan fingerprint density at radius 3 is 2.00 bits per heavy atom. The van der Waals surface area contributed by atoms with Gasteiger partial charge in [0.05, 0.1) is 0 Å². The molecule has 1 nitrogen and oxygen atoms in total. The number of halogens is 1. The van der Waals surface area contributed by atoms with Gasteiger partial charge in [0.2, 0.25) is 0 Å². The summed E-state index contributed by atoms with van der Waals surface area (Å²) in [7, 11) is 1.66. The number of hydrogen-bond acceptors (Lipinski definition) is 1. The van der Waals surface area contributed by atoms with Crippen molar-refractivity contribution in [2.75, 3.05) is 7.11 Å². The minimum Gasteiger partial charge on any atom is -1.00 e. The average molecular weight is 133 g/mol. The van der Waals surface area contributed by atoms with Crippen molar-refractivity contribution in [3.05, 3.63) is 6.61 Å². The first-order valence-corrected chi connectivity index (χ1v) is 1.76. The second-order valence-electron chi connectivity index (χ2n) is 0.811. The molecular formula is C4H9ClMgO. The van der Waals surface area contributed by atoms with Gasteiger partial charge in [-0.25, -0.2) is 6.61 Å². The number of ether oxygens (including phenoxy) is 1. The maximum atomic E-state index is 4.57. The quantitative estimate of drug-likeness (QED) is 0.307. The normalized spacial score (nSPS) is 6.00. The zero-order chi connectivity index (χ0) is 4.12. The molecule has 0 aromatic carbocycles. The second-order valence-corrected chi connectivity index (χ2v) is 0.811. The van der Waals surface area contributed by atoms with Crippen molar-refractivity contribution in [1.82, 2.24) is 0 Å². The monoisotopic (exact) mass is 132 g/mol. The summed E-state index contributed by atoms with van der Waals surface area (Å²) in [5, 5.41) is 0. The van der Waals surface area contributed by atoms with Crippen molar-refractivity contribution in [1.29, 1.82) is 0 Å². The molecule has 0 N–H and O–H groups in total. The van der Waals surface area contributed by atoms with Crippen LogP contribution in [0.25, 0.3) is 0 Å². The van der Waals surface area contributed by atoms with E-state index in [9.17, 15) is 0 Å². The van der Waals surface area contributed by atoms with Crippen LogP contribution in [0.1, 0.15) is 13.3 Å². The Morgan fingerprint density at radius 1 is 1.57 bits per heavy atom. The molecule has 0 fully saturated rings. The molecule has 3 heteroatoms. The first-order valence-electron chi connectivity index (χ1n) is 1.76. The zero-order valence-corrected chi connectivity index (χ0v) is 6.95. The second kappa shape index (κ2) is 15.7. The van der Waals surface area contributed by atoms with E-state index in [1.54, 1.807) is 13.7 Å². The van der Waals surface area contributed by atoms with Gasteiger partial charge in [-0.15, -0.1) is 0 Å². The maximum absolute atomic E-state index is 4.57. The van der Waals surface area contributed by atoms with Crippen LogP contribution < -0.4 is 12.4 Å². The van der Waals surface area contributed by atoms with Crippen molar-refractivity contribution < 1.29 is 17.1 Å². The van der Waals surface area contributed by atoms with Crippen LogP contribution in [-0.4, -0.2) is 30.2 Å². The SMILES string of the molecule is CC[CH-]OC.[Cl-].[Mg+2]. The average Bonchev–Trinajstić information content (AvgIpc) is 1.41. The summed E-state index contributed by atoms with van der Waals surface area (Å²) in [5.74, 6) is 0. The summed E-state index contributed by atoms with van der Waals surface area (Å²) < 4.78 is 4.57. The van der Waals surface area contributed by atoms with E-state index in [1.165, 1.54) is 0 Å². The Labute approximate surface area is 67.4 Å². The summed E-state index contributed by atoms with van der Waals surface area (Å²) in [4.78, 5) is 0. The molecule has 0 spiro atoms. The van der Waals surface area contributed by atoms with E-state index in [0.29, 0.717) is 0 Å². The fraction of sp³-hybridized carbons (Fsp3) is 0.750. The zero-order valence-electron chi connectivity index (χ0n) is 4.78. The smallest absolute Gasteiger partial charge is 1.00 e. The van der Waals surface area contributed by atoms with E-state index >= 15 is 0 Å². The number of hydrogen-bond donors (Lipinski definition) is 0. The van der Waals surface area contributed by atoms with Crippen molar-refractivity contribution in [2.24, 2.45) is 0 Å². The number of methoxy groups -OCH3 is 1. The van der Waals surface area contributed by atoms with Crippen molar-refractivity contribution in [2.45, 2.75) is 13.3 Å². The molecule has 0 saturated carbocycles. The van der Waals surface area contributed by atoms with E-state index in [4.69, 9.17) is 0 Å². The molecule has 40 valence electrons. The van der Waals surface area contributed by atoms with E-state index in [2.05, 4.69) is 4.74 Å². The van der Waals surface area contributed by atoms with Crippen LogP contribution in [0.15, 0.2) is 0 Å². The fourth-order valence-corrected chi connectivity index (χ4v) is 0.167.